The Bertz CT molecular complexity index is 1020. The number of hydrogen-bond donors (Lipinski definition) is 1. The molecule has 0 bridgehead atoms. The first-order valence-electron chi connectivity index (χ1n) is 9.77. The fourth-order valence-electron chi connectivity index (χ4n) is 2.85. The van der Waals surface area contributed by atoms with E-state index in [1.54, 1.807) is 18.7 Å². The molecule has 0 radical (unpaired) electrons. The van der Waals surface area contributed by atoms with Crippen molar-refractivity contribution in [2.24, 2.45) is 0 Å². The van der Waals surface area contributed by atoms with Gasteiger partial charge in [0.05, 0.1) is 18.9 Å². The fraction of sp³-hybridized carbons (Fsp3) is 0.273. The number of rotatable bonds is 10. The number of aromatic nitrogens is 3. The number of nitrogens with zero attached hydrogens (tertiary/aromatic N) is 3. The van der Waals surface area contributed by atoms with Crippen molar-refractivity contribution in [3.63, 3.8) is 0 Å². The maximum absolute atomic E-state index is 12.5. The molecule has 1 aromatic heterocycles. The molecule has 9 heteroatoms. The lowest BCUT2D eigenvalue weighted by Crippen LogP contribution is -2.16. The Kier molecular flexibility index (Phi) is 8.54. The summed E-state index contributed by atoms with van der Waals surface area (Å²) in [5.41, 5.74) is 1.80. The summed E-state index contributed by atoms with van der Waals surface area (Å²) in [5.74, 6) is 0.199. The first kappa shape index (κ1) is 22.9. The van der Waals surface area contributed by atoms with Gasteiger partial charge in [0, 0.05) is 10.6 Å². The van der Waals surface area contributed by atoms with Crippen LogP contribution in [0.2, 0.25) is 0 Å². The predicted octanol–water partition coefficient (Wildman–Crippen LogP) is 3.88. The number of carbonyl (C=O) groups is 2. The third kappa shape index (κ3) is 6.86. The van der Waals surface area contributed by atoms with Crippen LogP contribution in [0.15, 0.2) is 64.6 Å². The van der Waals surface area contributed by atoms with Gasteiger partial charge in [-0.1, -0.05) is 48.2 Å². The lowest BCUT2D eigenvalue weighted by atomic mass is 10.2. The number of ether oxygens (including phenoxy) is 1. The number of hydrogen-bond acceptors (Lipinski definition) is 7. The van der Waals surface area contributed by atoms with Crippen LogP contribution in [0.1, 0.15) is 18.3 Å². The number of anilines is 1. The molecule has 1 amide bonds. The standard InChI is InChI=1S/C22H24N4O3S2/c1-3-29-21(28)13-19-24-25-22(26(19)14-16-8-5-4-6-9-16)31-15-20(27)23-17-10-7-11-18(12-17)30-2/h4-12H,3,13-15H2,1-2H3,(H,23,27). The number of carbonyl (C=O) groups excluding carboxylic acids is 2. The molecule has 2 aromatic carbocycles. The Hall–Kier alpha value is -2.78. The van der Waals surface area contributed by atoms with E-state index in [0.717, 1.165) is 16.1 Å². The second kappa shape index (κ2) is 11.6. The van der Waals surface area contributed by atoms with E-state index in [1.807, 2.05) is 65.4 Å². The zero-order valence-corrected chi connectivity index (χ0v) is 19.0. The van der Waals surface area contributed by atoms with Crippen molar-refractivity contribution in [3.05, 3.63) is 66.0 Å². The van der Waals surface area contributed by atoms with Gasteiger partial charge in [0.1, 0.15) is 12.2 Å². The molecule has 0 unspecified atom stereocenters. The van der Waals surface area contributed by atoms with E-state index in [1.165, 1.54) is 11.8 Å². The molecule has 0 fully saturated rings. The Morgan fingerprint density at radius 1 is 1.10 bits per heavy atom. The van der Waals surface area contributed by atoms with Crippen LogP contribution < -0.4 is 5.32 Å². The van der Waals surface area contributed by atoms with Crippen molar-refractivity contribution < 1.29 is 14.3 Å². The van der Waals surface area contributed by atoms with Crippen molar-refractivity contribution in [1.82, 2.24) is 14.8 Å². The van der Waals surface area contributed by atoms with E-state index in [-0.39, 0.29) is 24.1 Å². The number of amides is 1. The van der Waals surface area contributed by atoms with Gasteiger partial charge in [-0.3, -0.25) is 9.59 Å². The molecule has 1 N–H and O–H groups in total. The van der Waals surface area contributed by atoms with Crippen molar-refractivity contribution in [1.29, 1.82) is 0 Å². The van der Waals surface area contributed by atoms with E-state index in [2.05, 4.69) is 15.5 Å². The van der Waals surface area contributed by atoms with Crippen molar-refractivity contribution >= 4 is 41.1 Å². The molecule has 0 saturated heterocycles. The van der Waals surface area contributed by atoms with Gasteiger partial charge >= 0.3 is 5.97 Å². The summed E-state index contributed by atoms with van der Waals surface area (Å²) < 4.78 is 6.91. The van der Waals surface area contributed by atoms with Gasteiger partial charge in [0.2, 0.25) is 5.91 Å². The Morgan fingerprint density at radius 2 is 1.90 bits per heavy atom. The van der Waals surface area contributed by atoms with Gasteiger partial charge in [-0.2, -0.15) is 0 Å². The van der Waals surface area contributed by atoms with Gasteiger partial charge in [-0.05, 0) is 36.9 Å². The van der Waals surface area contributed by atoms with Crippen LogP contribution in [0, 0.1) is 0 Å². The minimum absolute atomic E-state index is 0.0297. The SMILES string of the molecule is CCOC(=O)Cc1nnc(SCC(=O)Nc2cccc(SC)c2)n1Cc1ccccc1. The molecule has 162 valence electrons. The van der Waals surface area contributed by atoms with Crippen LogP contribution in [0.3, 0.4) is 0 Å². The normalized spacial score (nSPS) is 10.6. The molecule has 0 atom stereocenters. The Balaban J connectivity index is 1.70. The summed E-state index contributed by atoms with van der Waals surface area (Å²) in [5, 5.41) is 11.9. The summed E-state index contributed by atoms with van der Waals surface area (Å²) in [6.45, 7) is 2.58. The van der Waals surface area contributed by atoms with Crippen molar-refractivity contribution in [2.75, 3.05) is 23.9 Å². The lowest BCUT2D eigenvalue weighted by Gasteiger charge is -2.10. The number of benzene rings is 2. The van der Waals surface area contributed by atoms with E-state index < -0.39 is 0 Å². The molecule has 3 aromatic rings. The summed E-state index contributed by atoms with van der Waals surface area (Å²) in [7, 11) is 0. The first-order chi connectivity index (χ1) is 15.1. The van der Waals surface area contributed by atoms with Gasteiger partial charge in [0.15, 0.2) is 5.16 Å². The van der Waals surface area contributed by atoms with Crippen LogP contribution in [-0.4, -0.2) is 45.3 Å². The van der Waals surface area contributed by atoms with Crippen LogP contribution in [0.25, 0.3) is 0 Å². The predicted molar refractivity (Wildman–Crippen MR) is 123 cm³/mol. The molecular formula is C22H24N4O3S2. The highest BCUT2D eigenvalue weighted by Gasteiger charge is 2.18. The lowest BCUT2D eigenvalue weighted by molar-refractivity contribution is -0.142. The van der Waals surface area contributed by atoms with E-state index >= 15 is 0 Å². The van der Waals surface area contributed by atoms with Crippen LogP contribution in [0.5, 0.6) is 0 Å². The van der Waals surface area contributed by atoms with Crippen molar-refractivity contribution in [3.8, 4) is 0 Å². The van der Waals surface area contributed by atoms with Crippen LogP contribution in [0.4, 0.5) is 5.69 Å². The topological polar surface area (TPSA) is 86.1 Å². The zero-order valence-electron chi connectivity index (χ0n) is 17.4. The maximum Gasteiger partial charge on any atom is 0.313 e. The molecule has 7 nitrogen and oxygen atoms in total. The van der Waals surface area contributed by atoms with Crippen molar-refractivity contribution in [2.45, 2.75) is 29.9 Å². The molecule has 0 saturated carbocycles. The average Bonchev–Trinajstić information content (AvgIpc) is 3.14. The summed E-state index contributed by atoms with van der Waals surface area (Å²) in [6.07, 6.45) is 2.02. The van der Waals surface area contributed by atoms with Gasteiger partial charge < -0.3 is 14.6 Å². The molecule has 1 heterocycles. The molecule has 0 aliphatic rings. The summed E-state index contributed by atoms with van der Waals surface area (Å²) in [6, 6.07) is 17.5. The molecule has 0 aliphatic carbocycles. The second-order valence-corrected chi connectivity index (χ2v) is 8.34. The highest BCUT2D eigenvalue weighted by atomic mass is 32.2. The molecule has 3 rings (SSSR count). The van der Waals surface area contributed by atoms with Gasteiger partial charge in [-0.25, -0.2) is 0 Å². The Labute approximate surface area is 190 Å². The van der Waals surface area contributed by atoms with E-state index in [0.29, 0.717) is 24.1 Å². The molecule has 31 heavy (non-hydrogen) atoms. The highest BCUT2D eigenvalue weighted by Crippen LogP contribution is 2.22. The minimum atomic E-state index is -0.354. The fourth-order valence-corrected chi connectivity index (χ4v) is 4.07. The first-order valence-corrected chi connectivity index (χ1v) is 12.0. The second-order valence-electron chi connectivity index (χ2n) is 6.52. The third-order valence-electron chi connectivity index (χ3n) is 4.27. The highest BCUT2D eigenvalue weighted by molar-refractivity contribution is 7.99. The third-order valence-corrected chi connectivity index (χ3v) is 5.96. The minimum Gasteiger partial charge on any atom is -0.466 e. The van der Waals surface area contributed by atoms with Gasteiger partial charge in [-0.15, -0.1) is 22.0 Å². The Morgan fingerprint density at radius 3 is 2.65 bits per heavy atom. The molecular weight excluding hydrogens is 432 g/mol. The van der Waals surface area contributed by atoms with E-state index in [9.17, 15) is 9.59 Å². The smallest absolute Gasteiger partial charge is 0.313 e. The molecule has 0 aliphatic heterocycles. The average molecular weight is 457 g/mol. The maximum atomic E-state index is 12.5. The largest absolute Gasteiger partial charge is 0.466 e. The monoisotopic (exact) mass is 456 g/mol. The quantitative estimate of drug-likeness (QED) is 0.366. The van der Waals surface area contributed by atoms with Crippen LogP contribution >= 0.6 is 23.5 Å². The zero-order chi connectivity index (χ0) is 22.1. The summed E-state index contributed by atoms with van der Waals surface area (Å²) in [4.78, 5) is 25.5. The number of thioether (sulfide) groups is 2. The van der Waals surface area contributed by atoms with Crippen LogP contribution in [-0.2, 0) is 27.3 Å². The molecule has 0 spiro atoms. The number of esters is 1. The van der Waals surface area contributed by atoms with Gasteiger partial charge in [0.25, 0.3) is 0 Å². The number of nitrogens with one attached hydrogen (secondary N) is 1. The van der Waals surface area contributed by atoms with E-state index in [4.69, 9.17) is 4.74 Å². The summed E-state index contributed by atoms with van der Waals surface area (Å²) >= 11 is 2.90.